The summed E-state index contributed by atoms with van der Waals surface area (Å²) in [5, 5.41) is 2.41. The number of carbonyl (C=O) groups is 1. The summed E-state index contributed by atoms with van der Waals surface area (Å²) in [6.45, 7) is 0. The molecule has 1 N–H and O–H groups in total. The Kier molecular flexibility index (Phi) is 3.32. The predicted molar refractivity (Wildman–Crippen MR) is 61.4 cm³/mol. The van der Waals surface area contributed by atoms with E-state index in [1.807, 2.05) is 0 Å². The summed E-state index contributed by atoms with van der Waals surface area (Å²) in [7, 11) is 0. The van der Waals surface area contributed by atoms with Crippen LogP contribution in [-0.2, 0) is 4.79 Å². The van der Waals surface area contributed by atoms with Gasteiger partial charge in [0, 0.05) is 11.3 Å². The molecular formula is C13H8F3NO. The molecule has 0 aromatic heterocycles. The van der Waals surface area contributed by atoms with Gasteiger partial charge in [0.1, 0.15) is 0 Å². The van der Waals surface area contributed by atoms with Gasteiger partial charge >= 0.3 is 0 Å². The number of para-hydroxylation sites is 1. The third-order valence-electron chi connectivity index (χ3n) is 2.44. The van der Waals surface area contributed by atoms with E-state index >= 15 is 0 Å². The average molecular weight is 251 g/mol. The second kappa shape index (κ2) is 4.91. The van der Waals surface area contributed by atoms with E-state index in [0.29, 0.717) is 17.7 Å². The monoisotopic (exact) mass is 251 g/mol. The average Bonchev–Trinajstić information content (AvgIpc) is 2.36. The van der Waals surface area contributed by atoms with Crippen LogP contribution < -0.4 is 5.32 Å². The maximum absolute atomic E-state index is 13.1. The topological polar surface area (TPSA) is 29.1 Å². The number of halogens is 3. The van der Waals surface area contributed by atoms with Gasteiger partial charge in [-0.3, -0.25) is 4.79 Å². The molecule has 2 nitrogen and oxygen atoms in total. The van der Waals surface area contributed by atoms with Gasteiger partial charge < -0.3 is 5.32 Å². The van der Waals surface area contributed by atoms with Crippen molar-refractivity contribution >= 4 is 12.1 Å². The lowest BCUT2D eigenvalue weighted by Gasteiger charge is -2.09. The first kappa shape index (κ1) is 12.2. The fraction of sp³-hybridized carbons (Fsp3) is 0. The van der Waals surface area contributed by atoms with Gasteiger partial charge in [0.15, 0.2) is 17.5 Å². The summed E-state index contributed by atoms with van der Waals surface area (Å²) >= 11 is 0. The highest BCUT2D eigenvalue weighted by atomic mass is 19.2. The molecule has 0 fully saturated rings. The number of rotatable bonds is 3. The van der Waals surface area contributed by atoms with Crippen molar-refractivity contribution in [3.05, 3.63) is 53.8 Å². The van der Waals surface area contributed by atoms with Crippen LogP contribution in [0.1, 0.15) is 0 Å². The first-order chi connectivity index (χ1) is 8.63. The Hall–Kier alpha value is -2.30. The molecule has 18 heavy (non-hydrogen) atoms. The normalized spacial score (nSPS) is 10.2. The molecule has 0 heterocycles. The van der Waals surface area contributed by atoms with Gasteiger partial charge in [-0.2, -0.15) is 0 Å². The molecule has 2 aromatic rings. The van der Waals surface area contributed by atoms with Gasteiger partial charge in [-0.25, -0.2) is 13.2 Å². The van der Waals surface area contributed by atoms with Gasteiger partial charge in [0.25, 0.3) is 0 Å². The lowest BCUT2D eigenvalue weighted by molar-refractivity contribution is -0.105. The highest BCUT2D eigenvalue weighted by Crippen LogP contribution is 2.29. The molecule has 5 heteroatoms. The van der Waals surface area contributed by atoms with E-state index in [1.165, 1.54) is 0 Å². The largest absolute Gasteiger partial charge is 0.328 e. The fourth-order valence-corrected chi connectivity index (χ4v) is 1.64. The smallest absolute Gasteiger partial charge is 0.211 e. The Morgan fingerprint density at radius 1 is 1.00 bits per heavy atom. The van der Waals surface area contributed by atoms with E-state index in [0.717, 1.165) is 12.1 Å². The van der Waals surface area contributed by atoms with Crippen molar-refractivity contribution in [1.29, 1.82) is 0 Å². The summed E-state index contributed by atoms with van der Waals surface area (Å²) in [4.78, 5) is 10.4. The van der Waals surface area contributed by atoms with E-state index in [-0.39, 0.29) is 5.56 Å². The van der Waals surface area contributed by atoms with Gasteiger partial charge in [-0.05, 0) is 23.8 Å². The molecule has 0 aliphatic heterocycles. The molecule has 0 bridgehead atoms. The Labute approximate surface area is 101 Å². The molecular weight excluding hydrogens is 243 g/mol. The van der Waals surface area contributed by atoms with Crippen molar-refractivity contribution in [1.82, 2.24) is 0 Å². The van der Waals surface area contributed by atoms with Crippen molar-refractivity contribution in [3.8, 4) is 11.1 Å². The highest BCUT2D eigenvalue weighted by Gasteiger charge is 2.13. The quantitative estimate of drug-likeness (QED) is 0.657. The first-order valence-corrected chi connectivity index (χ1v) is 5.07. The zero-order valence-electron chi connectivity index (χ0n) is 9.08. The number of amides is 1. The summed E-state index contributed by atoms with van der Waals surface area (Å²) in [5.74, 6) is -4.06. The molecule has 0 unspecified atom stereocenters. The van der Waals surface area contributed by atoms with Crippen LogP contribution in [0.2, 0.25) is 0 Å². The van der Waals surface area contributed by atoms with Crippen LogP contribution in [0.15, 0.2) is 36.4 Å². The minimum absolute atomic E-state index is 0.149. The Balaban J connectivity index is 2.58. The molecule has 2 aromatic carbocycles. The van der Waals surface area contributed by atoms with Crippen molar-refractivity contribution < 1.29 is 18.0 Å². The number of hydrogen-bond donors (Lipinski definition) is 1. The molecule has 1 amide bonds. The zero-order valence-corrected chi connectivity index (χ0v) is 9.08. The minimum Gasteiger partial charge on any atom is -0.328 e. The van der Waals surface area contributed by atoms with Crippen molar-refractivity contribution in [3.63, 3.8) is 0 Å². The Bertz CT molecular complexity index is 576. The molecule has 0 saturated carbocycles. The number of nitrogens with one attached hydrogen (secondary N) is 1. The van der Waals surface area contributed by atoms with Crippen LogP contribution >= 0.6 is 0 Å². The third-order valence-corrected chi connectivity index (χ3v) is 2.44. The lowest BCUT2D eigenvalue weighted by atomic mass is 10.0. The summed E-state index contributed by atoms with van der Waals surface area (Å²) < 4.78 is 39.1. The number of carbonyl (C=O) groups excluding carboxylic acids is 1. The van der Waals surface area contributed by atoms with Crippen molar-refractivity contribution in [2.45, 2.75) is 0 Å². The number of hydrogen-bond acceptors (Lipinski definition) is 1. The van der Waals surface area contributed by atoms with Gasteiger partial charge in [0.2, 0.25) is 6.41 Å². The standard InChI is InChI=1S/C13H8F3NO/c14-10-5-8(6-11(15)13(10)16)9-3-1-2-4-12(9)17-7-18/h1-7H,(H,17,18). The van der Waals surface area contributed by atoms with Crippen LogP contribution in [0, 0.1) is 17.5 Å². The highest BCUT2D eigenvalue weighted by molar-refractivity contribution is 5.85. The third kappa shape index (κ3) is 2.20. The molecule has 92 valence electrons. The Morgan fingerprint density at radius 3 is 2.22 bits per heavy atom. The number of anilines is 1. The van der Waals surface area contributed by atoms with Gasteiger partial charge in [-0.1, -0.05) is 18.2 Å². The van der Waals surface area contributed by atoms with E-state index in [2.05, 4.69) is 5.32 Å². The summed E-state index contributed by atoms with van der Waals surface area (Å²) in [6, 6.07) is 8.20. The molecule has 0 radical (unpaired) electrons. The molecule has 2 rings (SSSR count). The lowest BCUT2D eigenvalue weighted by Crippen LogP contribution is -1.97. The fourth-order valence-electron chi connectivity index (χ4n) is 1.64. The van der Waals surface area contributed by atoms with E-state index in [1.54, 1.807) is 24.3 Å². The second-order valence-electron chi connectivity index (χ2n) is 3.56. The summed E-state index contributed by atoms with van der Waals surface area (Å²) in [5.41, 5.74) is 0.941. The van der Waals surface area contributed by atoms with Crippen LogP contribution in [0.5, 0.6) is 0 Å². The van der Waals surface area contributed by atoms with E-state index in [9.17, 15) is 18.0 Å². The molecule has 0 atom stereocenters. The predicted octanol–water partition coefficient (Wildman–Crippen LogP) is 3.34. The molecule has 0 aliphatic carbocycles. The zero-order chi connectivity index (χ0) is 13.1. The molecule has 0 aliphatic rings. The SMILES string of the molecule is O=CNc1ccccc1-c1cc(F)c(F)c(F)c1. The van der Waals surface area contributed by atoms with Gasteiger partial charge in [0.05, 0.1) is 0 Å². The van der Waals surface area contributed by atoms with Gasteiger partial charge in [-0.15, -0.1) is 0 Å². The van der Waals surface area contributed by atoms with E-state index < -0.39 is 17.5 Å². The second-order valence-corrected chi connectivity index (χ2v) is 3.56. The number of benzene rings is 2. The Morgan fingerprint density at radius 2 is 1.61 bits per heavy atom. The summed E-state index contributed by atoms with van der Waals surface area (Å²) in [6.07, 6.45) is 0.453. The maximum Gasteiger partial charge on any atom is 0.211 e. The molecule has 0 spiro atoms. The van der Waals surface area contributed by atoms with Crippen molar-refractivity contribution in [2.75, 3.05) is 5.32 Å². The van der Waals surface area contributed by atoms with Crippen LogP contribution in [0.4, 0.5) is 18.9 Å². The van der Waals surface area contributed by atoms with Crippen LogP contribution in [0.3, 0.4) is 0 Å². The van der Waals surface area contributed by atoms with Crippen LogP contribution in [0.25, 0.3) is 11.1 Å². The van der Waals surface area contributed by atoms with Crippen LogP contribution in [-0.4, -0.2) is 6.41 Å². The minimum atomic E-state index is -1.51. The first-order valence-electron chi connectivity index (χ1n) is 5.07. The maximum atomic E-state index is 13.1. The molecule has 0 saturated heterocycles. The van der Waals surface area contributed by atoms with Crippen molar-refractivity contribution in [2.24, 2.45) is 0 Å². The van der Waals surface area contributed by atoms with E-state index in [4.69, 9.17) is 0 Å².